The van der Waals surface area contributed by atoms with Crippen molar-refractivity contribution < 1.29 is 17.9 Å². The van der Waals surface area contributed by atoms with Crippen LogP contribution in [0.4, 0.5) is 5.13 Å². The van der Waals surface area contributed by atoms with Gasteiger partial charge in [0.2, 0.25) is 5.91 Å². The van der Waals surface area contributed by atoms with Crippen LogP contribution in [0, 0.1) is 0 Å². The van der Waals surface area contributed by atoms with Crippen molar-refractivity contribution in [1.82, 2.24) is 9.88 Å². The maximum Gasteiger partial charge on any atom is 0.227 e. The third-order valence-electron chi connectivity index (χ3n) is 5.79. The van der Waals surface area contributed by atoms with Gasteiger partial charge in [-0.2, -0.15) is 0 Å². The summed E-state index contributed by atoms with van der Waals surface area (Å²) in [6, 6.07) is 12.6. The Balaban J connectivity index is 1.35. The van der Waals surface area contributed by atoms with Gasteiger partial charge >= 0.3 is 0 Å². The second kappa shape index (κ2) is 9.69. The van der Waals surface area contributed by atoms with Crippen LogP contribution in [-0.4, -0.2) is 62.2 Å². The molecule has 0 unspecified atom stereocenters. The minimum atomic E-state index is -3.30. The number of carbonyl (C=O) groups is 1. The van der Waals surface area contributed by atoms with Crippen molar-refractivity contribution in [2.75, 3.05) is 37.7 Å². The highest BCUT2D eigenvalue weighted by atomic mass is 32.2. The van der Waals surface area contributed by atoms with E-state index in [-0.39, 0.29) is 12.3 Å². The van der Waals surface area contributed by atoms with E-state index in [0.29, 0.717) is 24.6 Å². The maximum atomic E-state index is 12.8. The maximum absolute atomic E-state index is 12.8. The van der Waals surface area contributed by atoms with Gasteiger partial charge in [-0.15, -0.1) is 0 Å². The molecule has 0 spiro atoms. The molecule has 9 heteroatoms. The SMILES string of the molecule is CCOc1ccc2nc(N3CCN(C(=O)Cc4ccc(S(=O)(=O)C(C)C)cc4)CC3)sc2c1. The van der Waals surface area contributed by atoms with Crippen molar-refractivity contribution >= 4 is 42.4 Å². The second-order valence-electron chi connectivity index (χ2n) is 8.34. The van der Waals surface area contributed by atoms with Gasteiger partial charge in [-0.05, 0) is 56.7 Å². The van der Waals surface area contributed by atoms with E-state index in [9.17, 15) is 13.2 Å². The number of ether oxygens (including phenoxy) is 1. The molecule has 0 radical (unpaired) electrons. The first-order valence-corrected chi connectivity index (χ1v) is 13.5. The fourth-order valence-corrected chi connectivity index (χ4v) is 5.89. The van der Waals surface area contributed by atoms with Gasteiger partial charge in [-0.3, -0.25) is 4.79 Å². The number of hydrogen-bond acceptors (Lipinski definition) is 7. The largest absolute Gasteiger partial charge is 0.494 e. The number of rotatable bonds is 7. The number of fused-ring (bicyclic) bond motifs is 1. The van der Waals surface area contributed by atoms with Crippen LogP contribution < -0.4 is 9.64 Å². The van der Waals surface area contributed by atoms with Crippen LogP contribution in [0.2, 0.25) is 0 Å². The minimum Gasteiger partial charge on any atom is -0.494 e. The topological polar surface area (TPSA) is 79.8 Å². The molecule has 0 aliphatic carbocycles. The molecule has 1 saturated heterocycles. The molecule has 1 aliphatic rings. The summed E-state index contributed by atoms with van der Waals surface area (Å²) < 4.78 is 31.2. The molecule has 33 heavy (non-hydrogen) atoms. The lowest BCUT2D eigenvalue weighted by Gasteiger charge is -2.34. The Hall–Kier alpha value is -2.65. The Morgan fingerprint density at radius 3 is 2.42 bits per heavy atom. The number of benzene rings is 2. The molecule has 0 bridgehead atoms. The summed E-state index contributed by atoms with van der Waals surface area (Å²) in [5.74, 6) is 0.908. The van der Waals surface area contributed by atoms with E-state index in [1.807, 2.05) is 30.0 Å². The summed E-state index contributed by atoms with van der Waals surface area (Å²) in [6.07, 6.45) is 0.267. The molecule has 0 saturated carbocycles. The summed E-state index contributed by atoms with van der Waals surface area (Å²) in [4.78, 5) is 21.9. The van der Waals surface area contributed by atoms with Gasteiger partial charge in [0, 0.05) is 26.2 Å². The fraction of sp³-hybridized carbons (Fsp3) is 0.417. The standard InChI is InChI=1S/C24H29N3O4S2/c1-4-31-19-7-10-21-22(16-19)32-24(25-21)27-13-11-26(12-14-27)23(28)15-18-5-8-20(9-6-18)33(29,30)17(2)3/h5-10,16-17H,4,11-15H2,1-3H3. The number of amides is 1. The molecule has 1 aliphatic heterocycles. The van der Waals surface area contributed by atoms with E-state index in [4.69, 9.17) is 9.72 Å². The molecule has 1 aromatic heterocycles. The molecule has 2 aromatic carbocycles. The number of anilines is 1. The number of nitrogens with zero attached hydrogens (tertiary/aromatic N) is 3. The van der Waals surface area contributed by atoms with Crippen LogP contribution in [-0.2, 0) is 21.1 Å². The molecule has 1 amide bonds. The van der Waals surface area contributed by atoms with Crippen molar-refractivity contribution in [3.8, 4) is 5.75 Å². The lowest BCUT2D eigenvalue weighted by Crippen LogP contribution is -2.49. The molecule has 2 heterocycles. The quantitative estimate of drug-likeness (QED) is 0.505. The summed E-state index contributed by atoms with van der Waals surface area (Å²) in [5.41, 5.74) is 1.78. The van der Waals surface area contributed by atoms with Gasteiger partial charge < -0.3 is 14.5 Å². The molecular formula is C24H29N3O4S2. The van der Waals surface area contributed by atoms with Crippen LogP contribution in [0.1, 0.15) is 26.3 Å². The Morgan fingerprint density at radius 1 is 1.09 bits per heavy atom. The normalized spacial score (nSPS) is 14.8. The number of hydrogen-bond donors (Lipinski definition) is 0. The molecule has 176 valence electrons. The highest BCUT2D eigenvalue weighted by Crippen LogP contribution is 2.32. The molecule has 4 rings (SSSR count). The molecular weight excluding hydrogens is 458 g/mol. The van der Waals surface area contributed by atoms with Crippen molar-refractivity contribution in [2.24, 2.45) is 0 Å². The summed E-state index contributed by atoms with van der Waals surface area (Å²) in [5, 5.41) is 0.496. The Labute approximate surface area is 198 Å². The van der Waals surface area contributed by atoms with Crippen molar-refractivity contribution in [2.45, 2.75) is 37.3 Å². The van der Waals surface area contributed by atoms with Crippen LogP contribution in [0.25, 0.3) is 10.2 Å². The van der Waals surface area contributed by atoms with E-state index in [1.54, 1.807) is 49.4 Å². The predicted molar refractivity (Wildman–Crippen MR) is 132 cm³/mol. The lowest BCUT2D eigenvalue weighted by molar-refractivity contribution is -0.130. The van der Waals surface area contributed by atoms with E-state index in [2.05, 4.69) is 4.90 Å². The van der Waals surface area contributed by atoms with Crippen LogP contribution in [0.5, 0.6) is 5.75 Å². The van der Waals surface area contributed by atoms with E-state index in [0.717, 1.165) is 39.8 Å². The minimum absolute atomic E-state index is 0.0553. The lowest BCUT2D eigenvalue weighted by atomic mass is 10.1. The summed E-state index contributed by atoms with van der Waals surface area (Å²) in [6.45, 7) is 8.67. The van der Waals surface area contributed by atoms with Crippen molar-refractivity contribution in [3.05, 3.63) is 48.0 Å². The average Bonchev–Trinajstić information content (AvgIpc) is 3.23. The number of carbonyl (C=O) groups excluding carboxylic acids is 1. The molecule has 0 N–H and O–H groups in total. The summed E-state index contributed by atoms with van der Waals surface area (Å²) in [7, 11) is -3.30. The molecule has 0 atom stereocenters. The average molecular weight is 488 g/mol. The van der Waals surface area contributed by atoms with Gasteiger partial charge in [-0.25, -0.2) is 13.4 Å². The zero-order chi connectivity index (χ0) is 23.6. The van der Waals surface area contributed by atoms with Crippen molar-refractivity contribution in [1.29, 1.82) is 0 Å². The fourth-order valence-electron chi connectivity index (χ4n) is 3.79. The number of piperazine rings is 1. The highest BCUT2D eigenvalue weighted by molar-refractivity contribution is 7.92. The number of sulfone groups is 1. The zero-order valence-corrected chi connectivity index (χ0v) is 20.8. The molecule has 1 fully saturated rings. The Kier molecular flexibility index (Phi) is 6.90. The second-order valence-corrected chi connectivity index (χ2v) is 11.9. The Bertz CT molecular complexity index is 1230. The van der Waals surface area contributed by atoms with Gasteiger partial charge in [-0.1, -0.05) is 23.5 Å². The zero-order valence-electron chi connectivity index (χ0n) is 19.2. The van der Waals surface area contributed by atoms with Crippen LogP contribution >= 0.6 is 11.3 Å². The third-order valence-corrected chi connectivity index (χ3v) is 9.04. The van der Waals surface area contributed by atoms with E-state index >= 15 is 0 Å². The van der Waals surface area contributed by atoms with E-state index in [1.165, 1.54) is 0 Å². The summed E-state index contributed by atoms with van der Waals surface area (Å²) >= 11 is 1.64. The smallest absolute Gasteiger partial charge is 0.227 e. The van der Waals surface area contributed by atoms with Crippen LogP contribution in [0.15, 0.2) is 47.4 Å². The van der Waals surface area contributed by atoms with Gasteiger partial charge in [0.05, 0.1) is 33.4 Å². The monoisotopic (exact) mass is 487 g/mol. The molecule has 3 aromatic rings. The van der Waals surface area contributed by atoms with Gasteiger partial charge in [0.1, 0.15) is 5.75 Å². The first-order chi connectivity index (χ1) is 15.8. The van der Waals surface area contributed by atoms with Crippen LogP contribution in [0.3, 0.4) is 0 Å². The third kappa shape index (κ3) is 5.14. The van der Waals surface area contributed by atoms with Crippen molar-refractivity contribution in [3.63, 3.8) is 0 Å². The number of thiazole rings is 1. The number of aromatic nitrogens is 1. The van der Waals surface area contributed by atoms with Gasteiger partial charge in [0.25, 0.3) is 0 Å². The Morgan fingerprint density at radius 2 is 1.79 bits per heavy atom. The van der Waals surface area contributed by atoms with E-state index < -0.39 is 15.1 Å². The molecule has 7 nitrogen and oxygen atoms in total. The first kappa shape index (κ1) is 23.5. The predicted octanol–water partition coefficient (Wildman–Crippen LogP) is 3.77. The highest BCUT2D eigenvalue weighted by Gasteiger charge is 2.24. The van der Waals surface area contributed by atoms with Gasteiger partial charge in [0.15, 0.2) is 15.0 Å². The first-order valence-electron chi connectivity index (χ1n) is 11.2.